The highest BCUT2D eigenvalue weighted by Gasteiger charge is 2.05. The SMILES string of the molecule is CC(C)=CCNCCCn1c(C)nc2ccccc21. The molecule has 0 aliphatic heterocycles. The number of hydrogen-bond acceptors (Lipinski definition) is 2. The lowest BCUT2D eigenvalue weighted by Gasteiger charge is -2.07. The molecule has 0 radical (unpaired) electrons. The molecular weight excluding hydrogens is 234 g/mol. The van der Waals surface area contributed by atoms with Gasteiger partial charge in [0.1, 0.15) is 5.82 Å². The number of hydrogen-bond donors (Lipinski definition) is 1. The van der Waals surface area contributed by atoms with E-state index in [9.17, 15) is 0 Å². The van der Waals surface area contributed by atoms with Crippen LogP contribution in [0.2, 0.25) is 0 Å². The molecule has 2 aromatic rings. The molecule has 102 valence electrons. The Morgan fingerprint density at radius 2 is 2.11 bits per heavy atom. The standard InChI is InChI=1S/C16H23N3/c1-13(2)9-11-17-10-6-12-19-14(3)18-15-7-4-5-8-16(15)19/h4-5,7-9,17H,6,10-12H2,1-3H3. The van der Waals surface area contributed by atoms with Gasteiger partial charge in [0.15, 0.2) is 0 Å². The fourth-order valence-corrected chi connectivity index (χ4v) is 2.22. The Morgan fingerprint density at radius 1 is 1.32 bits per heavy atom. The van der Waals surface area contributed by atoms with Crippen molar-refractivity contribution in [2.45, 2.75) is 33.7 Å². The van der Waals surface area contributed by atoms with Crippen molar-refractivity contribution in [2.24, 2.45) is 0 Å². The molecule has 3 heteroatoms. The largest absolute Gasteiger partial charge is 0.328 e. The van der Waals surface area contributed by atoms with Gasteiger partial charge in [-0.25, -0.2) is 4.98 Å². The van der Waals surface area contributed by atoms with Gasteiger partial charge in [0.05, 0.1) is 11.0 Å². The van der Waals surface area contributed by atoms with E-state index in [-0.39, 0.29) is 0 Å². The highest BCUT2D eigenvalue weighted by Crippen LogP contribution is 2.15. The van der Waals surface area contributed by atoms with Crippen molar-refractivity contribution in [1.82, 2.24) is 14.9 Å². The summed E-state index contributed by atoms with van der Waals surface area (Å²) >= 11 is 0. The first kappa shape index (κ1) is 13.8. The quantitative estimate of drug-likeness (QED) is 0.635. The van der Waals surface area contributed by atoms with E-state index >= 15 is 0 Å². The van der Waals surface area contributed by atoms with Crippen molar-refractivity contribution in [3.8, 4) is 0 Å². The van der Waals surface area contributed by atoms with Gasteiger partial charge in [-0.2, -0.15) is 0 Å². The van der Waals surface area contributed by atoms with Crippen molar-refractivity contribution in [3.63, 3.8) is 0 Å². The number of nitrogens with one attached hydrogen (secondary N) is 1. The molecule has 0 aliphatic rings. The molecular formula is C16H23N3. The van der Waals surface area contributed by atoms with Crippen molar-refractivity contribution < 1.29 is 0 Å². The average Bonchev–Trinajstić information content (AvgIpc) is 2.69. The van der Waals surface area contributed by atoms with Gasteiger partial charge >= 0.3 is 0 Å². The van der Waals surface area contributed by atoms with Gasteiger partial charge in [0.25, 0.3) is 0 Å². The fraction of sp³-hybridized carbons (Fsp3) is 0.438. The zero-order valence-corrected chi connectivity index (χ0v) is 12.1. The third-order valence-electron chi connectivity index (χ3n) is 3.24. The molecule has 0 spiro atoms. The van der Waals surface area contributed by atoms with E-state index in [1.165, 1.54) is 11.1 Å². The van der Waals surface area contributed by atoms with Crippen molar-refractivity contribution in [1.29, 1.82) is 0 Å². The van der Waals surface area contributed by atoms with Crippen molar-refractivity contribution >= 4 is 11.0 Å². The molecule has 1 aromatic carbocycles. The molecule has 0 fully saturated rings. The van der Waals surface area contributed by atoms with E-state index < -0.39 is 0 Å². The van der Waals surface area contributed by atoms with Gasteiger partial charge in [-0.15, -0.1) is 0 Å². The second-order valence-corrected chi connectivity index (χ2v) is 5.14. The van der Waals surface area contributed by atoms with Crippen LogP contribution in [0.3, 0.4) is 0 Å². The number of allylic oxidation sites excluding steroid dienone is 1. The summed E-state index contributed by atoms with van der Waals surface area (Å²) < 4.78 is 2.30. The lowest BCUT2D eigenvalue weighted by atomic mass is 10.3. The number of nitrogens with zero attached hydrogens (tertiary/aromatic N) is 2. The lowest BCUT2D eigenvalue weighted by Crippen LogP contribution is -2.17. The second kappa shape index (κ2) is 6.53. The Kier molecular flexibility index (Phi) is 4.74. The molecule has 1 N–H and O–H groups in total. The molecule has 1 aromatic heterocycles. The van der Waals surface area contributed by atoms with Crippen LogP contribution in [0.15, 0.2) is 35.9 Å². The molecule has 2 rings (SSSR count). The van der Waals surface area contributed by atoms with Crippen molar-refractivity contribution in [3.05, 3.63) is 41.7 Å². The summed E-state index contributed by atoms with van der Waals surface area (Å²) in [6.45, 7) is 9.36. The third kappa shape index (κ3) is 3.67. The number of para-hydroxylation sites is 2. The third-order valence-corrected chi connectivity index (χ3v) is 3.24. The normalized spacial score (nSPS) is 10.9. The van der Waals surface area contributed by atoms with E-state index in [0.29, 0.717) is 0 Å². The van der Waals surface area contributed by atoms with E-state index in [1.807, 2.05) is 6.07 Å². The smallest absolute Gasteiger partial charge is 0.106 e. The van der Waals surface area contributed by atoms with Crippen LogP contribution in [0.25, 0.3) is 11.0 Å². The molecule has 3 nitrogen and oxygen atoms in total. The number of benzene rings is 1. The fourth-order valence-electron chi connectivity index (χ4n) is 2.22. The van der Waals surface area contributed by atoms with Gasteiger partial charge in [-0.3, -0.25) is 0 Å². The van der Waals surface area contributed by atoms with Gasteiger partial charge < -0.3 is 9.88 Å². The van der Waals surface area contributed by atoms with E-state index in [1.54, 1.807) is 0 Å². The Morgan fingerprint density at radius 3 is 2.89 bits per heavy atom. The molecule has 0 saturated carbocycles. The lowest BCUT2D eigenvalue weighted by molar-refractivity contribution is 0.600. The zero-order chi connectivity index (χ0) is 13.7. The monoisotopic (exact) mass is 257 g/mol. The summed E-state index contributed by atoms with van der Waals surface area (Å²) in [6, 6.07) is 8.34. The molecule has 19 heavy (non-hydrogen) atoms. The van der Waals surface area contributed by atoms with Crippen molar-refractivity contribution in [2.75, 3.05) is 13.1 Å². The highest BCUT2D eigenvalue weighted by atomic mass is 15.1. The van der Waals surface area contributed by atoms with Gasteiger partial charge in [-0.05, 0) is 45.9 Å². The molecule has 1 heterocycles. The zero-order valence-electron chi connectivity index (χ0n) is 12.1. The summed E-state index contributed by atoms with van der Waals surface area (Å²) in [5.74, 6) is 1.10. The first-order valence-electron chi connectivity index (χ1n) is 6.94. The number of imidazole rings is 1. The van der Waals surface area contributed by atoms with Crippen LogP contribution >= 0.6 is 0 Å². The van der Waals surface area contributed by atoms with E-state index in [4.69, 9.17) is 0 Å². The van der Waals surface area contributed by atoms with E-state index in [2.05, 4.69) is 59.9 Å². The average molecular weight is 257 g/mol. The summed E-state index contributed by atoms with van der Waals surface area (Å²) in [4.78, 5) is 4.58. The summed E-state index contributed by atoms with van der Waals surface area (Å²) in [6.07, 6.45) is 3.34. The van der Waals surface area contributed by atoms with Crippen LogP contribution in [0.5, 0.6) is 0 Å². The van der Waals surface area contributed by atoms with E-state index in [0.717, 1.165) is 37.4 Å². The Hall–Kier alpha value is -1.61. The number of rotatable bonds is 6. The topological polar surface area (TPSA) is 29.9 Å². The predicted molar refractivity (Wildman–Crippen MR) is 81.4 cm³/mol. The van der Waals surface area contributed by atoms with Gasteiger partial charge in [0, 0.05) is 13.1 Å². The number of aryl methyl sites for hydroxylation is 2. The molecule has 0 atom stereocenters. The summed E-state index contributed by atoms with van der Waals surface area (Å²) in [7, 11) is 0. The maximum atomic E-state index is 4.58. The first-order valence-corrected chi connectivity index (χ1v) is 6.94. The molecule has 0 saturated heterocycles. The summed E-state index contributed by atoms with van der Waals surface area (Å²) in [5, 5.41) is 3.44. The Balaban J connectivity index is 1.88. The van der Waals surface area contributed by atoms with Gasteiger partial charge in [-0.1, -0.05) is 23.8 Å². The van der Waals surface area contributed by atoms with Crippen LogP contribution < -0.4 is 5.32 Å². The van der Waals surface area contributed by atoms with Crippen LogP contribution in [0, 0.1) is 6.92 Å². The summed E-state index contributed by atoms with van der Waals surface area (Å²) in [5.41, 5.74) is 3.70. The maximum absolute atomic E-state index is 4.58. The second-order valence-electron chi connectivity index (χ2n) is 5.14. The number of fused-ring (bicyclic) bond motifs is 1. The van der Waals surface area contributed by atoms with Crippen LogP contribution in [0.4, 0.5) is 0 Å². The Labute approximate surface area is 115 Å². The molecule has 0 unspecified atom stereocenters. The maximum Gasteiger partial charge on any atom is 0.106 e. The number of aromatic nitrogens is 2. The molecule has 0 aliphatic carbocycles. The first-order chi connectivity index (χ1) is 9.18. The van der Waals surface area contributed by atoms with Gasteiger partial charge in [0.2, 0.25) is 0 Å². The molecule has 0 amide bonds. The van der Waals surface area contributed by atoms with Crippen LogP contribution in [-0.2, 0) is 6.54 Å². The molecule has 0 bridgehead atoms. The van der Waals surface area contributed by atoms with Crippen LogP contribution in [0.1, 0.15) is 26.1 Å². The minimum atomic E-state index is 0.964. The minimum absolute atomic E-state index is 0.964. The van der Waals surface area contributed by atoms with Crippen LogP contribution in [-0.4, -0.2) is 22.6 Å². The Bertz CT molecular complexity index is 562. The predicted octanol–water partition coefficient (Wildman–Crippen LogP) is 3.29. The highest BCUT2D eigenvalue weighted by molar-refractivity contribution is 5.75. The minimum Gasteiger partial charge on any atom is -0.328 e.